The summed E-state index contributed by atoms with van der Waals surface area (Å²) in [6, 6.07) is 30.2. The summed E-state index contributed by atoms with van der Waals surface area (Å²) in [5.41, 5.74) is 3.00. The molecule has 1 amide bonds. The molecule has 4 atom stereocenters. The lowest BCUT2D eigenvalue weighted by Crippen LogP contribution is -2.52. The average Bonchev–Trinajstić information content (AvgIpc) is 2.99. The summed E-state index contributed by atoms with van der Waals surface area (Å²) in [5, 5.41) is 25.2. The molecule has 1 aliphatic rings. The van der Waals surface area contributed by atoms with Crippen LogP contribution in [0.25, 0.3) is 10.8 Å². The number of hydrogen-bond donors (Lipinski definition) is 3. The van der Waals surface area contributed by atoms with Crippen LogP contribution in [0.1, 0.15) is 37.0 Å². The molecule has 1 heterocycles. The molecule has 3 N–H and O–H groups in total. The number of aliphatic carboxylic acids is 1. The number of fused-ring (bicyclic) bond motifs is 1. The summed E-state index contributed by atoms with van der Waals surface area (Å²) in [4.78, 5) is 28.5. The van der Waals surface area contributed by atoms with Gasteiger partial charge in [-0.1, -0.05) is 98.8 Å². The Hall–Kier alpha value is -4.16. The van der Waals surface area contributed by atoms with Crippen molar-refractivity contribution >= 4 is 22.6 Å². The lowest BCUT2D eigenvalue weighted by Gasteiger charge is -2.45. The topological polar surface area (TPSA) is 89.9 Å². The van der Waals surface area contributed by atoms with Gasteiger partial charge in [-0.15, -0.1) is 0 Å². The number of likely N-dealkylation sites (tertiary alicyclic amines) is 1. The van der Waals surface area contributed by atoms with Gasteiger partial charge in [0.1, 0.15) is 11.8 Å². The Morgan fingerprint density at radius 1 is 0.952 bits per heavy atom. The van der Waals surface area contributed by atoms with Crippen LogP contribution >= 0.6 is 0 Å². The van der Waals surface area contributed by atoms with E-state index in [2.05, 4.69) is 30.1 Å². The van der Waals surface area contributed by atoms with E-state index in [9.17, 15) is 19.8 Å². The van der Waals surface area contributed by atoms with Gasteiger partial charge in [-0.25, -0.2) is 4.79 Å². The smallest absolute Gasteiger partial charge is 0.326 e. The van der Waals surface area contributed by atoms with E-state index in [0.29, 0.717) is 18.9 Å². The van der Waals surface area contributed by atoms with Crippen molar-refractivity contribution in [3.8, 4) is 5.75 Å². The van der Waals surface area contributed by atoms with Crippen LogP contribution in [-0.2, 0) is 27.8 Å². The number of amides is 1. The second kappa shape index (κ2) is 12.8. The molecule has 0 unspecified atom stereocenters. The summed E-state index contributed by atoms with van der Waals surface area (Å²) >= 11 is 0. The molecule has 4 aromatic carbocycles. The highest BCUT2D eigenvalue weighted by molar-refractivity contribution is 5.88. The number of carboxylic acids is 1. The van der Waals surface area contributed by atoms with Gasteiger partial charge in [0.15, 0.2) is 0 Å². The number of phenolic OH excluding ortho intramolecular Hbond substituents is 1. The van der Waals surface area contributed by atoms with Crippen molar-refractivity contribution in [2.75, 3.05) is 19.6 Å². The van der Waals surface area contributed by atoms with Gasteiger partial charge in [-0.05, 0) is 70.3 Å². The summed E-state index contributed by atoms with van der Waals surface area (Å²) < 4.78 is 0. The Balaban J connectivity index is 1.32. The van der Waals surface area contributed by atoms with Crippen molar-refractivity contribution in [2.24, 2.45) is 11.8 Å². The Labute approximate surface area is 248 Å². The minimum Gasteiger partial charge on any atom is -0.508 e. The zero-order chi connectivity index (χ0) is 29.7. The number of rotatable bonds is 10. The van der Waals surface area contributed by atoms with Crippen molar-refractivity contribution in [2.45, 2.75) is 44.6 Å². The van der Waals surface area contributed by atoms with Gasteiger partial charge in [0.25, 0.3) is 0 Å². The van der Waals surface area contributed by atoms with Crippen LogP contribution in [0.15, 0.2) is 97.1 Å². The molecule has 6 nitrogen and oxygen atoms in total. The third kappa shape index (κ3) is 6.66. The molecule has 0 aromatic heterocycles. The van der Waals surface area contributed by atoms with E-state index >= 15 is 0 Å². The van der Waals surface area contributed by atoms with Crippen LogP contribution in [0.5, 0.6) is 5.75 Å². The highest BCUT2D eigenvalue weighted by Gasteiger charge is 2.39. The molecule has 5 rings (SSSR count). The van der Waals surface area contributed by atoms with E-state index in [1.54, 1.807) is 6.07 Å². The predicted molar refractivity (Wildman–Crippen MR) is 167 cm³/mol. The zero-order valence-corrected chi connectivity index (χ0v) is 24.4. The van der Waals surface area contributed by atoms with Crippen molar-refractivity contribution in [3.05, 3.63) is 114 Å². The minimum absolute atomic E-state index is 0.0840. The number of nitrogens with one attached hydrogen (secondary N) is 1. The third-order valence-electron chi connectivity index (χ3n) is 9.17. The van der Waals surface area contributed by atoms with E-state index in [0.717, 1.165) is 47.0 Å². The third-order valence-corrected chi connectivity index (χ3v) is 9.17. The van der Waals surface area contributed by atoms with Gasteiger partial charge < -0.3 is 20.4 Å². The van der Waals surface area contributed by atoms with E-state index in [4.69, 9.17) is 0 Å². The molecule has 0 saturated carbocycles. The lowest BCUT2D eigenvalue weighted by molar-refractivity contribution is -0.142. The molecule has 1 fully saturated rings. The van der Waals surface area contributed by atoms with Gasteiger partial charge in [0, 0.05) is 19.5 Å². The highest BCUT2D eigenvalue weighted by Crippen LogP contribution is 2.40. The van der Waals surface area contributed by atoms with Crippen LogP contribution in [0.4, 0.5) is 0 Å². The first-order chi connectivity index (χ1) is 20.2. The normalized spacial score (nSPS) is 20.6. The number of benzene rings is 4. The maximum atomic E-state index is 13.8. The molecule has 0 spiro atoms. The standard InChI is InChI=1S/C36H40N2O4/c1-25-23-38(19-18-36(25,2)30-15-9-16-31(39)22-30)24-29(20-26-10-4-3-5-11-26)34(40)37-33(35(41)42)21-28-14-8-13-27-12-6-7-17-32(27)28/h3-17,22,25,29,33,39H,18-21,23-24H2,1-2H3,(H,37,40)(H,41,42)/t25-,29-,33-,36+/m0/s1. The number of piperidine rings is 1. The fourth-order valence-electron chi connectivity index (χ4n) is 6.40. The Morgan fingerprint density at radius 3 is 2.40 bits per heavy atom. The number of nitrogens with zero attached hydrogens (tertiary/aromatic N) is 1. The first-order valence-electron chi connectivity index (χ1n) is 14.8. The van der Waals surface area contributed by atoms with Gasteiger partial charge in [-0.2, -0.15) is 0 Å². The molecule has 0 bridgehead atoms. The molecule has 1 aliphatic heterocycles. The molecule has 4 aromatic rings. The monoisotopic (exact) mass is 564 g/mol. The van der Waals surface area contributed by atoms with Gasteiger partial charge in [-0.3, -0.25) is 4.79 Å². The summed E-state index contributed by atoms with van der Waals surface area (Å²) in [7, 11) is 0. The highest BCUT2D eigenvalue weighted by atomic mass is 16.4. The molecule has 42 heavy (non-hydrogen) atoms. The van der Waals surface area contributed by atoms with Crippen molar-refractivity contribution in [1.82, 2.24) is 10.2 Å². The number of aromatic hydroxyl groups is 1. The molecule has 218 valence electrons. The largest absolute Gasteiger partial charge is 0.508 e. The maximum absolute atomic E-state index is 13.8. The quantitative estimate of drug-likeness (QED) is 0.226. The number of phenols is 1. The van der Waals surface area contributed by atoms with E-state index in [1.807, 2.05) is 84.9 Å². The van der Waals surface area contributed by atoms with Crippen molar-refractivity contribution in [3.63, 3.8) is 0 Å². The van der Waals surface area contributed by atoms with Gasteiger partial charge in [0.05, 0.1) is 5.92 Å². The number of carbonyl (C=O) groups is 2. The van der Waals surface area contributed by atoms with Crippen LogP contribution in [0.3, 0.4) is 0 Å². The zero-order valence-electron chi connectivity index (χ0n) is 24.4. The molecular weight excluding hydrogens is 524 g/mol. The summed E-state index contributed by atoms with van der Waals surface area (Å²) in [5.74, 6) is -1.10. The Morgan fingerprint density at radius 2 is 1.67 bits per heavy atom. The first kappa shape index (κ1) is 29.3. The number of hydrogen-bond acceptors (Lipinski definition) is 4. The van der Waals surface area contributed by atoms with Crippen molar-refractivity contribution < 1.29 is 19.8 Å². The second-order valence-electron chi connectivity index (χ2n) is 12.0. The summed E-state index contributed by atoms with van der Waals surface area (Å²) in [6.45, 7) is 6.65. The number of carboxylic acid groups (broad SMARTS) is 1. The molecule has 6 heteroatoms. The van der Waals surface area contributed by atoms with E-state index in [-0.39, 0.29) is 23.5 Å². The summed E-state index contributed by atoms with van der Waals surface area (Å²) in [6.07, 6.45) is 1.64. The number of carbonyl (C=O) groups excluding carboxylic acids is 1. The Bertz CT molecular complexity index is 1530. The SMILES string of the molecule is C[C@H]1CN(C[C@H](Cc2ccccc2)C(=O)N[C@@H](Cc2cccc3ccccc23)C(=O)O)CC[C@@]1(C)c1cccc(O)c1. The van der Waals surface area contributed by atoms with Crippen LogP contribution in [-0.4, -0.2) is 52.7 Å². The fraction of sp³-hybridized carbons (Fsp3) is 0.333. The minimum atomic E-state index is -1.04. The molecule has 1 saturated heterocycles. The van der Waals surface area contributed by atoms with E-state index < -0.39 is 17.9 Å². The van der Waals surface area contributed by atoms with Crippen LogP contribution in [0.2, 0.25) is 0 Å². The second-order valence-corrected chi connectivity index (χ2v) is 12.0. The Kier molecular flexibility index (Phi) is 8.93. The molecular formula is C36H40N2O4. The van der Waals surface area contributed by atoms with Crippen LogP contribution < -0.4 is 5.32 Å². The van der Waals surface area contributed by atoms with Crippen LogP contribution in [0, 0.1) is 11.8 Å². The van der Waals surface area contributed by atoms with Gasteiger partial charge >= 0.3 is 5.97 Å². The van der Waals surface area contributed by atoms with Gasteiger partial charge in [0.2, 0.25) is 5.91 Å². The fourth-order valence-corrected chi connectivity index (χ4v) is 6.40. The average molecular weight is 565 g/mol. The molecule has 0 radical (unpaired) electrons. The van der Waals surface area contributed by atoms with E-state index in [1.165, 1.54) is 0 Å². The maximum Gasteiger partial charge on any atom is 0.326 e. The lowest BCUT2D eigenvalue weighted by atomic mass is 9.68. The first-order valence-corrected chi connectivity index (χ1v) is 14.8. The predicted octanol–water partition coefficient (Wildman–Crippen LogP) is 5.82. The van der Waals surface area contributed by atoms with Crippen molar-refractivity contribution in [1.29, 1.82) is 0 Å². The molecule has 0 aliphatic carbocycles.